The molecule has 19 heavy (non-hydrogen) atoms. The second-order valence-corrected chi connectivity index (χ2v) is 9.00. The zero-order valence-corrected chi connectivity index (χ0v) is 13.2. The normalized spacial score (nSPS) is 29.2. The predicted molar refractivity (Wildman–Crippen MR) is 78.7 cm³/mol. The van der Waals surface area contributed by atoms with Gasteiger partial charge in [0.2, 0.25) is 10.0 Å². The largest absolute Gasteiger partial charge is 0.386 e. The lowest BCUT2D eigenvalue weighted by Crippen LogP contribution is -2.61. The van der Waals surface area contributed by atoms with E-state index in [0.717, 1.165) is 19.3 Å². The molecule has 0 aliphatic heterocycles. The summed E-state index contributed by atoms with van der Waals surface area (Å²) < 4.78 is 26.5. The Bertz CT molecular complexity index is 429. The first kappa shape index (κ1) is 16.4. The number of nitrogens with two attached hydrogens (primary N) is 1. The molecular formula is C13H27N3O2S. The van der Waals surface area contributed by atoms with Crippen molar-refractivity contribution in [2.24, 2.45) is 11.7 Å². The molecule has 1 rings (SSSR count). The molecule has 0 aromatic carbocycles. The highest BCUT2D eigenvalue weighted by Gasteiger charge is 2.43. The molecule has 0 heterocycles. The average Bonchev–Trinajstić information content (AvgIpc) is 2.27. The minimum Gasteiger partial charge on any atom is -0.386 e. The van der Waals surface area contributed by atoms with Crippen molar-refractivity contribution in [1.82, 2.24) is 4.72 Å². The van der Waals surface area contributed by atoms with Crippen LogP contribution in [0.15, 0.2) is 0 Å². The third-order valence-electron chi connectivity index (χ3n) is 4.19. The smallest absolute Gasteiger partial charge is 0.217 e. The van der Waals surface area contributed by atoms with Crippen molar-refractivity contribution < 1.29 is 8.42 Å². The number of hydrogen-bond donors (Lipinski definition) is 3. The SMILES string of the molecule is CCC1CCC(NS(=O)(=O)C(C)(C)C)(C(=N)N)CC1. The molecule has 0 atom stereocenters. The summed E-state index contributed by atoms with van der Waals surface area (Å²) in [7, 11) is -3.50. The predicted octanol–water partition coefficient (Wildman–Crippen LogP) is 1.98. The fraction of sp³-hybridized carbons (Fsp3) is 0.923. The van der Waals surface area contributed by atoms with Crippen LogP contribution >= 0.6 is 0 Å². The van der Waals surface area contributed by atoms with Crippen LogP contribution in [0.5, 0.6) is 0 Å². The van der Waals surface area contributed by atoms with Crippen LogP contribution in [0.3, 0.4) is 0 Å². The van der Waals surface area contributed by atoms with E-state index in [2.05, 4.69) is 11.6 Å². The van der Waals surface area contributed by atoms with Crippen LogP contribution in [-0.2, 0) is 10.0 Å². The van der Waals surface area contributed by atoms with E-state index in [4.69, 9.17) is 11.1 Å². The molecule has 0 aromatic heterocycles. The first-order chi connectivity index (χ1) is 8.54. The Labute approximate surface area is 116 Å². The fourth-order valence-electron chi connectivity index (χ4n) is 2.42. The zero-order chi connectivity index (χ0) is 14.9. The summed E-state index contributed by atoms with van der Waals surface area (Å²) in [6.45, 7) is 7.10. The molecule has 0 amide bonds. The highest BCUT2D eigenvalue weighted by atomic mass is 32.2. The molecule has 1 aliphatic rings. The maximum atomic E-state index is 12.3. The van der Waals surface area contributed by atoms with Crippen LogP contribution in [0.4, 0.5) is 0 Å². The van der Waals surface area contributed by atoms with Gasteiger partial charge in [0.15, 0.2) is 0 Å². The molecule has 1 saturated carbocycles. The molecule has 0 spiro atoms. The molecule has 4 N–H and O–H groups in total. The number of nitrogens with one attached hydrogen (secondary N) is 2. The molecule has 6 heteroatoms. The Balaban J connectivity index is 2.96. The van der Waals surface area contributed by atoms with Gasteiger partial charge >= 0.3 is 0 Å². The van der Waals surface area contributed by atoms with Crippen LogP contribution in [0.25, 0.3) is 0 Å². The van der Waals surface area contributed by atoms with Gasteiger partial charge in [0.1, 0.15) is 5.84 Å². The van der Waals surface area contributed by atoms with E-state index < -0.39 is 20.3 Å². The van der Waals surface area contributed by atoms with Gasteiger partial charge in [-0.3, -0.25) is 5.41 Å². The van der Waals surface area contributed by atoms with Crippen molar-refractivity contribution in [2.75, 3.05) is 0 Å². The summed E-state index contributed by atoms with van der Waals surface area (Å²) in [5.41, 5.74) is 4.82. The number of amidine groups is 1. The maximum Gasteiger partial charge on any atom is 0.217 e. The number of sulfonamides is 1. The van der Waals surface area contributed by atoms with Gasteiger partial charge in [-0.15, -0.1) is 0 Å². The van der Waals surface area contributed by atoms with Gasteiger partial charge in [0, 0.05) is 0 Å². The summed E-state index contributed by atoms with van der Waals surface area (Å²) in [5.74, 6) is 0.557. The molecule has 112 valence electrons. The minimum absolute atomic E-state index is 0.0603. The molecule has 0 radical (unpaired) electrons. The van der Waals surface area contributed by atoms with Gasteiger partial charge in [-0.25, -0.2) is 13.1 Å². The van der Waals surface area contributed by atoms with E-state index in [9.17, 15) is 8.42 Å². The van der Waals surface area contributed by atoms with Crippen LogP contribution in [0, 0.1) is 11.3 Å². The number of rotatable bonds is 4. The number of hydrogen-bond acceptors (Lipinski definition) is 3. The zero-order valence-electron chi connectivity index (χ0n) is 12.4. The molecule has 0 aromatic rings. The van der Waals surface area contributed by atoms with E-state index in [0.29, 0.717) is 18.8 Å². The Hall–Kier alpha value is -0.620. The van der Waals surface area contributed by atoms with Gasteiger partial charge < -0.3 is 5.73 Å². The Morgan fingerprint density at radius 1 is 1.37 bits per heavy atom. The standard InChI is InChI=1S/C13H27N3O2S/c1-5-10-6-8-13(9-7-10,11(14)15)16-19(17,18)12(2,3)4/h10,16H,5-9H2,1-4H3,(H3,14,15). The second kappa shape index (κ2) is 5.40. The lowest BCUT2D eigenvalue weighted by atomic mass is 9.75. The minimum atomic E-state index is -3.50. The molecule has 0 saturated heterocycles. The Morgan fingerprint density at radius 2 is 1.84 bits per heavy atom. The average molecular weight is 289 g/mol. The van der Waals surface area contributed by atoms with E-state index in [1.54, 1.807) is 20.8 Å². The van der Waals surface area contributed by atoms with Crippen molar-refractivity contribution in [3.8, 4) is 0 Å². The summed E-state index contributed by atoms with van der Waals surface area (Å²) in [6.07, 6.45) is 4.18. The monoisotopic (exact) mass is 289 g/mol. The van der Waals surface area contributed by atoms with Crippen molar-refractivity contribution in [1.29, 1.82) is 5.41 Å². The summed E-state index contributed by atoms with van der Waals surface area (Å²) in [4.78, 5) is 0. The van der Waals surface area contributed by atoms with Crippen molar-refractivity contribution in [3.05, 3.63) is 0 Å². The van der Waals surface area contributed by atoms with Gasteiger partial charge in [-0.1, -0.05) is 13.3 Å². The van der Waals surface area contributed by atoms with Gasteiger partial charge in [0.25, 0.3) is 0 Å². The van der Waals surface area contributed by atoms with Crippen molar-refractivity contribution in [3.63, 3.8) is 0 Å². The third-order valence-corrected chi connectivity index (χ3v) is 6.46. The van der Waals surface area contributed by atoms with Crippen molar-refractivity contribution in [2.45, 2.75) is 70.1 Å². The van der Waals surface area contributed by atoms with Gasteiger partial charge in [0.05, 0.1) is 10.3 Å². The first-order valence-corrected chi connectivity index (χ1v) is 8.40. The van der Waals surface area contributed by atoms with Gasteiger partial charge in [-0.2, -0.15) is 0 Å². The highest BCUT2D eigenvalue weighted by molar-refractivity contribution is 7.90. The molecular weight excluding hydrogens is 262 g/mol. The van der Waals surface area contributed by atoms with Gasteiger partial charge in [-0.05, 0) is 52.4 Å². The second-order valence-electron chi connectivity index (χ2n) is 6.57. The van der Waals surface area contributed by atoms with Crippen LogP contribution in [0.2, 0.25) is 0 Å². The molecule has 0 unspecified atom stereocenters. The lowest BCUT2D eigenvalue weighted by Gasteiger charge is -2.41. The summed E-state index contributed by atoms with van der Waals surface area (Å²) in [5, 5.41) is 7.80. The molecule has 1 aliphatic carbocycles. The Morgan fingerprint density at radius 3 is 2.16 bits per heavy atom. The first-order valence-electron chi connectivity index (χ1n) is 6.92. The quantitative estimate of drug-likeness (QED) is 0.545. The molecule has 0 bridgehead atoms. The molecule has 1 fully saturated rings. The summed E-state index contributed by atoms with van der Waals surface area (Å²) >= 11 is 0. The maximum absolute atomic E-state index is 12.3. The third kappa shape index (κ3) is 3.48. The van der Waals surface area contributed by atoms with Crippen LogP contribution in [-0.4, -0.2) is 24.5 Å². The highest BCUT2D eigenvalue weighted by Crippen LogP contribution is 2.35. The van der Waals surface area contributed by atoms with E-state index in [-0.39, 0.29) is 5.84 Å². The van der Waals surface area contributed by atoms with E-state index in [1.165, 1.54) is 0 Å². The van der Waals surface area contributed by atoms with Crippen LogP contribution < -0.4 is 10.5 Å². The van der Waals surface area contributed by atoms with E-state index in [1.807, 2.05) is 0 Å². The molecule has 5 nitrogen and oxygen atoms in total. The topological polar surface area (TPSA) is 96.0 Å². The van der Waals surface area contributed by atoms with Crippen LogP contribution in [0.1, 0.15) is 59.8 Å². The van der Waals surface area contributed by atoms with Crippen molar-refractivity contribution >= 4 is 15.9 Å². The van der Waals surface area contributed by atoms with E-state index >= 15 is 0 Å². The fourth-order valence-corrected chi connectivity index (χ4v) is 3.55. The Kier molecular flexibility index (Phi) is 4.67. The summed E-state index contributed by atoms with van der Waals surface area (Å²) in [6, 6.07) is 0. The lowest BCUT2D eigenvalue weighted by molar-refractivity contribution is 0.265.